The van der Waals surface area contributed by atoms with Gasteiger partial charge in [0.1, 0.15) is 23.4 Å². The van der Waals surface area contributed by atoms with Crippen molar-refractivity contribution in [1.82, 2.24) is 25.3 Å². The molecule has 0 aliphatic heterocycles. The minimum Gasteiger partial charge on any atom is -0.448 e. The van der Waals surface area contributed by atoms with Crippen LogP contribution in [0.2, 0.25) is 0 Å². The number of halogens is 4. The third-order valence-corrected chi connectivity index (χ3v) is 5.21. The molecular weight excluding hydrogens is 454 g/mol. The van der Waals surface area contributed by atoms with Crippen LogP contribution in [0.1, 0.15) is 52.7 Å². The number of oxazole rings is 1. The second-order valence-electron chi connectivity index (χ2n) is 7.68. The van der Waals surface area contributed by atoms with E-state index in [0.29, 0.717) is 36.5 Å². The first-order chi connectivity index (χ1) is 16.3. The van der Waals surface area contributed by atoms with Crippen LogP contribution in [0.4, 0.5) is 17.6 Å². The van der Waals surface area contributed by atoms with E-state index >= 15 is 0 Å². The van der Waals surface area contributed by atoms with Gasteiger partial charge in [-0.25, -0.2) is 14.4 Å². The van der Waals surface area contributed by atoms with Crippen molar-refractivity contribution < 1.29 is 26.8 Å². The Balaban J connectivity index is 1.22. The van der Waals surface area contributed by atoms with E-state index in [1.165, 1.54) is 30.7 Å². The molecular formula is C23H21F4N5O2. The third-order valence-electron chi connectivity index (χ3n) is 5.21. The number of hydrogen-bond donors (Lipinski definition) is 2. The van der Waals surface area contributed by atoms with Crippen LogP contribution in [0.5, 0.6) is 0 Å². The summed E-state index contributed by atoms with van der Waals surface area (Å²) in [6.07, 6.45) is 1.44. The molecule has 2 N–H and O–H groups in total. The van der Waals surface area contributed by atoms with Gasteiger partial charge >= 0.3 is 6.18 Å². The van der Waals surface area contributed by atoms with E-state index < -0.39 is 23.5 Å². The number of para-hydroxylation sites is 1. The predicted molar refractivity (Wildman–Crippen MR) is 114 cm³/mol. The number of hydrogen-bond acceptors (Lipinski definition) is 5. The van der Waals surface area contributed by atoms with E-state index in [-0.39, 0.29) is 23.4 Å². The zero-order valence-electron chi connectivity index (χ0n) is 18.0. The summed E-state index contributed by atoms with van der Waals surface area (Å²) in [4.78, 5) is 27.3. The molecule has 3 aromatic heterocycles. The number of alkyl halides is 3. The predicted octanol–water partition coefficient (Wildman–Crippen LogP) is 4.99. The van der Waals surface area contributed by atoms with Crippen molar-refractivity contribution >= 4 is 16.9 Å². The highest BCUT2D eigenvalue weighted by Crippen LogP contribution is 2.33. The summed E-state index contributed by atoms with van der Waals surface area (Å²) in [5, 5.41) is 2.54. The van der Waals surface area contributed by atoms with Gasteiger partial charge in [-0.1, -0.05) is 12.5 Å². The Bertz CT molecular complexity index is 1280. The van der Waals surface area contributed by atoms with Crippen LogP contribution >= 0.6 is 0 Å². The number of imidazole rings is 1. The number of fused-ring (bicyclic) bond motifs is 1. The maximum Gasteiger partial charge on any atom is 0.418 e. The number of carbonyl (C=O) groups excluding carboxylic acids is 1. The normalized spacial score (nSPS) is 11.8. The topological polar surface area (TPSA) is 96.7 Å². The van der Waals surface area contributed by atoms with Crippen molar-refractivity contribution in [2.24, 2.45) is 0 Å². The SMILES string of the molecule is O=C(NCc1ncccc1F)c1coc(CCCCCc2nc3c(C(F)(F)F)cccc3[nH]2)n1. The Morgan fingerprint density at radius 3 is 2.68 bits per heavy atom. The van der Waals surface area contributed by atoms with Crippen molar-refractivity contribution in [2.75, 3.05) is 0 Å². The van der Waals surface area contributed by atoms with Crippen LogP contribution in [0.15, 0.2) is 47.2 Å². The lowest BCUT2D eigenvalue weighted by Crippen LogP contribution is -2.24. The average molecular weight is 475 g/mol. The van der Waals surface area contributed by atoms with Gasteiger partial charge in [0.25, 0.3) is 5.91 Å². The maximum absolute atomic E-state index is 13.6. The molecule has 1 aromatic carbocycles. The fourth-order valence-electron chi connectivity index (χ4n) is 3.51. The molecule has 0 saturated heterocycles. The number of rotatable bonds is 9. The molecule has 3 heterocycles. The van der Waals surface area contributed by atoms with Crippen LogP contribution in [-0.2, 0) is 25.6 Å². The first-order valence-corrected chi connectivity index (χ1v) is 10.7. The monoisotopic (exact) mass is 475 g/mol. The molecule has 7 nitrogen and oxygen atoms in total. The molecule has 0 aliphatic rings. The maximum atomic E-state index is 13.6. The van der Waals surface area contributed by atoms with Gasteiger partial charge in [-0.3, -0.25) is 9.78 Å². The van der Waals surface area contributed by atoms with Gasteiger partial charge < -0.3 is 14.7 Å². The number of aromatic amines is 1. The minimum atomic E-state index is -4.45. The molecule has 0 aliphatic carbocycles. The number of aromatic nitrogens is 4. The zero-order chi connectivity index (χ0) is 24.1. The molecule has 0 unspecified atom stereocenters. The van der Waals surface area contributed by atoms with Gasteiger partial charge in [-0.05, 0) is 37.1 Å². The first kappa shape index (κ1) is 23.4. The lowest BCUT2D eigenvalue weighted by Gasteiger charge is -2.05. The van der Waals surface area contributed by atoms with E-state index in [4.69, 9.17) is 4.42 Å². The highest BCUT2D eigenvalue weighted by Gasteiger charge is 2.33. The lowest BCUT2D eigenvalue weighted by atomic mass is 10.1. The zero-order valence-corrected chi connectivity index (χ0v) is 18.0. The highest BCUT2D eigenvalue weighted by atomic mass is 19.4. The van der Waals surface area contributed by atoms with Crippen LogP contribution in [0.25, 0.3) is 11.0 Å². The quantitative estimate of drug-likeness (QED) is 0.263. The fourth-order valence-corrected chi connectivity index (χ4v) is 3.51. The average Bonchev–Trinajstić information content (AvgIpc) is 3.44. The smallest absolute Gasteiger partial charge is 0.418 e. The Morgan fingerprint density at radius 1 is 1.06 bits per heavy atom. The lowest BCUT2D eigenvalue weighted by molar-refractivity contribution is -0.136. The van der Waals surface area contributed by atoms with Crippen molar-refractivity contribution in [2.45, 2.75) is 44.8 Å². The molecule has 11 heteroatoms. The highest BCUT2D eigenvalue weighted by molar-refractivity contribution is 5.91. The van der Waals surface area contributed by atoms with E-state index in [1.54, 1.807) is 6.07 Å². The van der Waals surface area contributed by atoms with Gasteiger partial charge in [0.15, 0.2) is 11.6 Å². The van der Waals surface area contributed by atoms with E-state index in [9.17, 15) is 22.4 Å². The molecule has 178 valence electrons. The molecule has 34 heavy (non-hydrogen) atoms. The second-order valence-corrected chi connectivity index (χ2v) is 7.68. The Hall–Kier alpha value is -3.76. The van der Waals surface area contributed by atoms with E-state index in [0.717, 1.165) is 18.9 Å². The first-order valence-electron chi connectivity index (χ1n) is 10.7. The molecule has 4 aromatic rings. The summed E-state index contributed by atoms with van der Waals surface area (Å²) in [7, 11) is 0. The number of aryl methyl sites for hydroxylation is 2. The number of nitrogens with zero attached hydrogens (tertiary/aromatic N) is 3. The summed E-state index contributed by atoms with van der Waals surface area (Å²) in [6.45, 7) is -0.0695. The van der Waals surface area contributed by atoms with Crippen LogP contribution in [0, 0.1) is 5.82 Å². The number of H-pyrrole nitrogens is 1. The van der Waals surface area contributed by atoms with Crippen molar-refractivity contribution in [3.05, 3.63) is 77.3 Å². The summed E-state index contributed by atoms with van der Waals surface area (Å²) < 4.78 is 58.3. The molecule has 4 rings (SSSR count). The molecule has 0 radical (unpaired) electrons. The Labute approximate surface area is 191 Å². The molecule has 0 atom stereocenters. The molecule has 0 spiro atoms. The number of unbranched alkanes of at least 4 members (excludes halogenated alkanes) is 2. The van der Waals surface area contributed by atoms with Crippen LogP contribution in [-0.4, -0.2) is 25.8 Å². The summed E-state index contributed by atoms with van der Waals surface area (Å²) in [5.74, 6) is -0.103. The van der Waals surface area contributed by atoms with Gasteiger partial charge in [-0.15, -0.1) is 0 Å². The Kier molecular flexibility index (Phi) is 6.90. The number of pyridine rings is 1. The number of benzene rings is 1. The number of nitrogens with one attached hydrogen (secondary N) is 2. The van der Waals surface area contributed by atoms with Crippen LogP contribution in [0.3, 0.4) is 0 Å². The van der Waals surface area contributed by atoms with Crippen LogP contribution < -0.4 is 5.32 Å². The van der Waals surface area contributed by atoms with Gasteiger partial charge in [-0.2, -0.15) is 13.2 Å². The van der Waals surface area contributed by atoms with Crippen molar-refractivity contribution in [1.29, 1.82) is 0 Å². The summed E-state index contributed by atoms with van der Waals surface area (Å²) >= 11 is 0. The summed E-state index contributed by atoms with van der Waals surface area (Å²) in [5.41, 5.74) is -0.239. The minimum absolute atomic E-state index is 0.0682. The molecule has 0 saturated carbocycles. The summed E-state index contributed by atoms with van der Waals surface area (Å²) in [6, 6.07) is 6.68. The van der Waals surface area contributed by atoms with Crippen molar-refractivity contribution in [3.63, 3.8) is 0 Å². The van der Waals surface area contributed by atoms with Crippen molar-refractivity contribution in [3.8, 4) is 0 Å². The molecule has 0 bridgehead atoms. The van der Waals surface area contributed by atoms with E-state index in [2.05, 4.69) is 25.3 Å². The standard InChI is InChI=1S/C23H21F4N5O2/c24-15-7-5-11-28-17(15)12-29-22(33)18-13-34-20(31-18)10-3-1-2-9-19-30-16-8-4-6-14(21(16)32-19)23(25,26)27/h4-8,11,13H,1-3,9-10,12H2,(H,29,33)(H,30,32). The van der Waals surface area contributed by atoms with E-state index in [1.807, 2.05) is 0 Å². The van der Waals surface area contributed by atoms with Gasteiger partial charge in [0.2, 0.25) is 0 Å². The number of carbonyl (C=O) groups is 1. The molecule has 0 fully saturated rings. The Morgan fingerprint density at radius 2 is 1.88 bits per heavy atom. The fraction of sp³-hybridized carbons (Fsp3) is 0.304. The molecule has 1 amide bonds. The van der Waals surface area contributed by atoms with Gasteiger partial charge in [0, 0.05) is 19.0 Å². The third kappa shape index (κ3) is 5.59. The number of amides is 1. The largest absolute Gasteiger partial charge is 0.448 e. The second kappa shape index (κ2) is 10.0. The van der Waals surface area contributed by atoms with Gasteiger partial charge in [0.05, 0.1) is 23.3 Å².